The average Bonchev–Trinajstić information content (AvgIpc) is 2.46. The molecule has 2 N–H and O–H groups in total. The van der Waals surface area contributed by atoms with Crippen LogP contribution in [0.5, 0.6) is 5.75 Å². The van der Waals surface area contributed by atoms with E-state index < -0.39 is 0 Å². The predicted molar refractivity (Wildman–Crippen MR) is 81.9 cm³/mol. The Morgan fingerprint density at radius 2 is 1.26 bits per heavy atom. The minimum absolute atomic E-state index is 0.783. The Morgan fingerprint density at radius 3 is 1.74 bits per heavy atom. The highest BCUT2D eigenvalue weighted by Crippen LogP contribution is 2.12. The summed E-state index contributed by atoms with van der Waals surface area (Å²) in [5.41, 5.74) is 8.69. The van der Waals surface area contributed by atoms with E-state index in [-0.39, 0.29) is 0 Å². The maximum atomic E-state index is 5.63. The Bertz CT molecular complexity index is 565. The molecule has 0 spiro atoms. The summed E-state index contributed by atoms with van der Waals surface area (Å²) >= 11 is 0. The van der Waals surface area contributed by atoms with Gasteiger partial charge in [0.25, 0.3) is 0 Å². The molecule has 0 saturated carbocycles. The highest BCUT2D eigenvalue weighted by atomic mass is 16.5. The number of benzene rings is 2. The van der Waals surface area contributed by atoms with Crippen LogP contribution in [-0.2, 0) is 0 Å². The first-order chi connectivity index (χ1) is 9.28. The van der Waals surface area contributed by atoms with Gasteiger partial charge in [0.15, 0.2) is 0 Å². The van der Waals surface area contributed by atoms with E-state index in [0.29, 0.717) is 0 Å². The summed E-state index contributed by atoms with van der Waals surface area (Å²) in [4.78, 5) is 0. The Kier molecular flexibility index (Phi) is 4.40. The molecule has 2 nitrogen and oxygen atoms in total. The van der Waals surface area contributed by atoms with Crippen molar-refractivity contribution in [3.8, 4) is 5.75 Å². The van der Waals surface area contributed by atoms with Crippen LogP contribution in [0.15, 0.2) is 60.7 Å². The number of rotatable bonds is 4. The number of allylic oxidation sites excluding steroid dienone is 2. The summed E-state index contributed by atoms with van der Waals surface area (Å²) in [5.74, 6) is 0.870. The van der Waals surface area contributed by atoms with Gasteiger partial charge in [-0.05, 0) is 35.4 Å². The Hall–Kier alpha value is -2.48. The quantitative estimate of drug-likeness (QED) is 0.658. The summed E-state index contributed by atoms with van der Waals surface area (Å²) in [5, 5.41) is 0. The molecule has 0 atom stereocenters. The van der Waals surface area contributed by atoms with Crippen LogP contribution in [0.1, 0.15) is 11.1 Å². The first-order valence-electron chi connectivity index (χ1n) is 6.12. The minimum atomic E-state index is 0.783. The lowest BCUT2D eigenvalue weighted by Crippen LogP contribution is -1.82. The fourth-order valence-electron chi connectivity index (χ4n) is 1.66. The Labute approximate surface area is 113 Å². The molecule has 0 fully saturated rings. The second kappa shape index (κ2) is 6.45. The highest BCUT2D eigenvalue weighted by Gasteiger charge is 1.89. The predicted octanol–water partition coefficient (Wildman–Crippen LogP) is 4.00. The third kappa shape index (κ3) is 4.03. The van der Waals surface area contributed by atoms with Crippen LogP contribution in [0.3, 0.4) is 0 Å². The minimum Gasteiger partial charge on any atom is -0.497 e. The number of methoxy groups -OCH3 is 1. The molecule has 0 amide bonds. The molecule has 19 heavy (non-hydrogen) atoms. The van der Waals surface area contributed by atoms with Crippen molar-refractivity contribution >= 4 is 17.8 Å². The Balaban J connectivity index is 1.96. The number of anilines is 1. The zero-order valence-electron chi connectivity index (χ0n) is 10.9. The van der Waals surface area contributed by atoms with Crippen LogP contribution in [0.25, 0.3) is 12.2 Å². The van der Waals surface area contributed by atoms with Crippen LogP contribution in [-0.4, -0.2) is 7.11 Å². The molecular weight excluding hydrogens is 234 g/mol. The molecule has 0 bridgehead atoms. The van der Waals surface area contributed by atoms with E-state index in [0.717, 1.165) is 22.6 Å². The van der Waals surface area contributed by atoms with Crippen LogP contribution >= 0.6 is 0 Å². The van der Waals surface area contributed by atoms with E-state index >= 15 is 0 Å². The molecule has 2 aromatic carbocycles. The van der Waals surface area contributed by atoms with E-state index in [2.05, 4.69) is 0 Å². The highest BCUT2D eigenvalue weighted by molar-refractivity contribution is 5.58. The molecule has 0 radical (unpaired) electrons. The standard InChI is InChI=1S/C17H17NO/c1-19-17-12-8-15(9-13-17)5-3-2-4-14-6-10-16(18)11-7-14/h2-13H,18H2,1H3/b4-2+,5-3+. The lowest BCUT2D eigenvalue weighted by molar-refractivity contribution is 0.415. The zero-order valence-corrected chi connectivity index (χ0v) is 10.9. The van der Waals surface area contributed by atoms with Crippen molar-refractivity contribution in [2.75, 3.05) is 12.8 Å². The van der Waals surface area contributed by atoms with Crippen molar-refractivity contribution < 1.29 is 4.74 Å². The fourth-order valence-corrected chi connectivity index (χ4v) is 1.66. The van der Waals surface area contributed by atoms with Gasteiger partial charge in [-0.2, -0.15) is 0 Å². The molecule has 0 aliphatic heterocycles. The van der Waals surface area contributed by atoms with E-state index in [4.69, 9.17) is 10.5 Å². The lowest BCUT2D eigenvalue weighted by Gasteiger charge is -1.98. The van der Waals surface area contributed by atoms with Gasteiger partial charge in [-0.15, -0.1) is 0 Å². The summed E-state index contributed by atoms with van der Waals surface area (Å²) < 4.78 is 5.11. The monoisotopic (exact) mass is 251 g/mol. The fraction of sp³-hybridized carbons (Fsp3) is 0.0588. The largest absolute Gasteiger partial charge is 0.497 e. The summed E-state index contributed by atoms with van der Waals surface area (Å²) in [6.45, 7) is 0. The van der Waals surface area contributed by atoms with Gasteiger partial charge in [0, 0.05) is 5.69 Å². The molecule has 0 heterocycles. The number of ether oxygens (including phenoxy) is 1. The number of nitrogens with two attached hydrogens (primary N) is 1. The van der Waals surface area contributed by atoms with Crippen LogP contribution < -0.4 is 10.5 Å². The second-order valence-electron chi connectivity index (χ2n) is 4.16. The first-order valence-corrected chi connectivity index (χ1v) is 6.12. The van der Waals surface area contributed by atoms with Crippen LogP contribution in [0, 0.1) is 0 Å². The van der Waals surface area contributed by atoms with Crippen LogP contribution in [0.2, 0.25) is 0 Å². The zero-order chi connectivity index (χ0) is 13.5. The molecule has 0 aromatic heterocycles. The van der Waals surface area contributed by atoms with Gasteiger partial charge in [0.2, 0.25) is 0 Å². The first kappa shape index (κ1) is 13.0. The lowest BCUT2D eigenvalue weighted by atomic mass is 10.1. The molecule has 2 rings (SSSR count). The normalized spacial score (nSPS) is 11.2. The van der Waals surface area contributed by atoms with Gasteiger partial charge in [-0.1, -0.05) is 48.6 Å². The van der Waals surface area contributed by atoms with Gasteiger partial charge >= 0.3 is 0 Å². The molecule has 0 saturated heterocycles. The third-order valence-corrected chi connectivity index (χ3v) is 2.74. The molecule has 0 aliphatic rings. The Morgan fingerprint density at radius 1 is 0.789 bits per heavy atom. The van der Waals surface area contributed by atoms with Crippen molar-refractivity contribution in [3.05, 3.63) is 71.8 Å². The smallest absolute Gasteiger partial charge is 0.118 e. The van der Waals surface area contributed by atoms with Crippen molar-refractivity contribution in [1.29, 1.82) is 0 Å². The molecule has 0 unspecified atom stereocenters. The van der Waals surface area contributed by atoms with Crippen molar-refractivity contribution in [2.24, 2.45) is 0 Å². The van der Waals surface area contributed by atoms with E-state index in [9.17, 15) is 0 Å². The average molecular weight is 251 g/mol. The topological polar surface area (TPSA) is 35.2 Å². The molecule has 96 valence electrons. The summed E-state index contributed by atoms with van der Waals surface area (Å²) in [7, 11) is 1.67. The van der Waals surface area contributed by atoms with E-state index in [1.807, 2.05) is 72.8 Å². The maximum absolute atomic E-state index is 5.63. The van der Waals surface area contributed by atoms with E-state index in [1.54, 1.807) is 7.11 Å². The van der Waals surface area contributed by atoms with Gasteiger partial charge in [-0.25, -0.2) is 0 Å². The molecule has 2 heteroatoms. The number of hydrogen-bond donors (Lipinski definition) is 1. The van der Waals surface area contributed by atoms with Crippen molar-refractivity contribution in [1.82, 2.24) is 0 Å². The molecule has 0 aliphatic carbocycles. The van der Waals surface area contributed by atoms with Gasteiger partial charge in [-0.3, -0.25) is 0 Å². The number of nitrogen functional groups attached to an aromatic ring is 1. The molecule has 2 aromatic rings. The SMILES string of the molecule is COc1ccc(/C=C/C=C/c2ccc(N)cc2)cc1. The maximum Gasteiger partial charge on any atom is 0.118 e. The van der Waals surface area contributed by atoms with Crippen LogP contribution in [0.4, 0.5) is 5.69 Å². The van der Waals surface area contributed by atoms with Crippen molar-refractivity contribution in [3.63, 3.8) is 0 Å². The van der Waals surface area contributed by atoms with Crippen molar-refractivity contribution in [2.45, 2.75) is 0 Å². The van der Waals surface area contributed by atoms with E-state index in [1.165, 1.54) is 0 Å². The molecular formula is C17H17NO. The van der Waals surface area contributed by atoms with Gasteiger partial charge in [0.05, 0.1) is 7.11 Å². The van der Waals surface area contributed by atoms with Gasteiger partial charge < -0.3 is 10.5 Å². The second-order valence-corrected chi connectivity index (χ2v) is 4.16. The number of hydrogen-bond acceptors (Lipinski definition) is 2. The summed E-state index contributed by atoms with van der Waals surface area (Å²) in [6.07, 6.45) is 8.11. The van der Waals surface area contributed by atoms with Gasteiger partial charge in [0.1, 0.15) is 5.75 Å². The third-order valence-electron chi connectivity index (χ3n) is 2.74. The summed E-state index contributed by atoms with van der Waals surface area (Å²) in [6, 6.07) is 15.7.